The smallest absolute Gasteiger partial charge is 0.316 e. The van der Waals surface area contributed by atoms with E-state index < -0.39 is 22.4 Å². The molecule has 276 valence electrons. The average molecular weight is 717 g/mol. The Morgan fingerprint density at radius 1 is 1.00 bits per heavy atom. The number of hydrogen-bond donors (Lipinski definition) is 1. The van der Waals surface area contributed by atoms with Crippen molar-refractivity contribution in [2.45, 2.75) is 114 Å². The lowest BCUT2D eigenvalue weighted by Gasteiger charge is -2.44. The highest BCUT2D eigenvalue weighted by Gasteiger charge is 2.50. The Bertz CT molecular complexity index is 1400. The van der Waals surface area contributed by atoms with Crippen molar-refractivity contribution >= 4 is 17.3 Å². The van der Waals surface area contributed by atoms with Gasteiger partial charge in [0.05, 0.1) is 37.9 Å². The highest BCUT2D eigenvalue weighted by atomic mass is 32.2. The maximum absolute atomic E-state index is 12.5. The summed E-state index contributed by atoms with van der Waals surface area (Å²) in [5.74, 6) is 2.23. The largest absolute Gasteiger partial charge is 0.488 e. The Hall–Kier alpha value is -3.54. The zero-order valence-corrected chi connectivity index (χ0v) is 30.5. The lowest BCUT2D eigenvalue weighted by molar-refractivity contribution is -0.931. The summed E-state index contributed by atoms with van der Waals surface area (Å²) >= 11 is -1.83. The van der Waals surface area contributed by atoms with Crippen LogP contribution in [0.2, 0.25) is 0 Å². The second-order valence-corrected chi connectivity index (χ2v) is 15.3. The zero-order chi connectivity index (χ0) is 36.9. The number of ether oxygens (including phenoxy) is 2. The van der Waals surface area contributed by atoms with Crippen molar-refractivity contribution in [1.29, 1.82) is 0 Å². The molecule has 2 saturated heterocycles. The minimum absolute atomic E-state index is 0.00825. The van der Waals surface area contributed by atoms with Crippen LogP contribution in [-0.4, -0.2) is 82.6 Å². The quantitative estimate of drug-likeness (QED) is 0.105. The summed E-state index contributed by atoms with van der Waals surface area (Å²) in [6, 6.07) is 18.7. The van der Waals surface area contributed by atoms with Crippen LogP contribution in [0, 0.1) is 27.7 Å². The van der Waals surface area contributed by atoms with Crippen molar-refractivity contribution in [2.75, 3.05) is 27.3 Å². The van der Waals surface area contributed by atoms with E-state index in [2.05, 4.69) is 52.9 Å². The molecule has 2 aromatic carbocycles. The van der Waals surface area contributed by atoms with Gasteiger partial charge in [0, 0.05) is 25.7 Å². The Morgan fingerprint density at radius 3 is 2.08 bits per heavy atom. The molecule has 2 heterocycles. The monoisotopic (exact) mass is 716 g/mol. The van der Waals surface area contributed by atoms with Crippen LogP contribution >= 0.6 is 0 Å². The number of fused-ring (bicyclic) bond motifs is 2. The maximum atomic E-state index is 12.5. The fourth-order valence-electron chi connectivity index (χ4n) is 6.90. The van der Waals surface area contributed by atoms with Crippen LogP contribution < -0.4 is 4.74 Å². The predicted octanol–water partition coefficient (Wildman–Crippen LogP) is 5.76. The van der Waals surface area contributed by atoms with E-state index >= 15 is 0 Å². The molecule has 3 fully saturated rings. The first-order chi connectivity index (χ1) is 23.6. The van der Waals surface area contributed by atoms with Crippen LogP contribution in [0.3, 0.4) is 0 Å². The number of carbonyl (C=O) groups excluding carboxylic acids is 1. The van der Waals surface area contributed by atoms with E-state index in [9.17, 15) is 14.1 Å². The first-order valence-corrected chi connectivity index (χ1v) is 18.1. The van der Waals surface area contributed by atoms with Gasteiger partial charge in [-0.3, -0.25) is 13.2 Å². The molecule has 50 heavy (non-hydrogen) atoms. The summed E-state index contributed by atoms with van der Waals surface area (Å²) in [4.78, 5) is 20.7. The molecule has 13 heteroatoms. The van der Waals surface area contributed by atoms with Gasteiger partial charge in [-0.2, -0.15) is 4.21 Å². The molecule has 0 amide bonds. The highest BCUT2D eigenvalue weighted by molar-refractivity contribution is 7.75. The normalized spacial score (nSPS) is 24.9. The SMILES string of the molecule is C#CCOS(=O)OC1CCCCC1Oc1ccc(C(C)(C)C)cc1.C[N+]1(C)[C@@H]2CC[C@H]1CC(OC(=O)C(CO)c1ccccc1)C2.O=[N+]([O-])[O-]. The number of hydrogen-bond acceptors (Lipinski definition) is 10. The van der Waals surface area contributed by atoms with Crippen LogP contribution in [0.5, 0.6) is 5.75 Å². The fourth-order valence-corrected chi connectivity index (χ4v) is 7.54. The molecule has 2 bridgehead atoms. The third-order valence-electron chi connectivity index (χ3n) is 9.83. The van der Waals surface area contributed by atoms with E-state index in [0.717, 1.165) is 54.3 Å². The number of aliphatic hydroxyl groups is 1. The summed E-state index contributed by atoms with van der Waals surface area (Å²) in [6.45, 7) is 6.31. The Labute approximate surface area is 298 Å². The van der Waals surface area contributed by atoms with E-state index in [-0.39, 0.29) is 42.9 Å². The number of terminal acetylenes is 1. The molecule has 12 nitrogen and oxygen atoms in total. The molecule has 2 aliphatic heterocycles. The highest BCUT2D eigenvalue weighted by Crippen LogP contribution is 2.41. The summed E-state index contributed by atoms with van der Waals surface area (Å²) < 4.78 is 35.0. The van der Waals surface area contributed by atoms with Gasteiger partial charge in [-0.25, -0.2) is 0 Å². The molecular weight excluding hydrogens is 664 g/mol. The zero-order valence-electron chi connectivity index (χ0n) is 29.7. The number of carbonyl (C=O) groups is 1. The van der Waals surface area contributed by atoms with E-state index in [4.69, 9.17) is 39.6 Å². The van der Waals surface area contributed by atoms with Crippen molar-refractivity contribution in [1.82, 2.24) is 0 Å². The lowest BCUT2D eigenvalue weighted by atomic mass is 9.87. The Balaban J connectivity index is 0.000000245. The van der Waals surface area contributed by atoms with Crippen molar-refractivity contribution in [3.05, 3.63) is 81.0 Å². The molecule has 0 radical (unpaired) electrons. The van der Waals surface area contributed by atoms with Crippen LogP contribution in [0.15, 0.2) is 54.6 Å². The molecule has 3 aliphatic rings. The third kappa shape index (κ3) is 12.3. The molecule has 5 unspecified atom stereocenters. The van der Waals surface area contributed by atoms with Gasteiger partial charge in [0.15, 0.2) is 0 Å². The Morgan fingerprint density at radius 2 is 1.56 bits per heavy atom. The number of rotatable bonds is 10. The van der Waals surface area contributed by atoms with Crippen molar-refractivity contribution in [2.24, 2.45) is 0 Å². The third-order valence-corrected chi connectivity index (χ3v) is 10.5. The van der Waals surface area contributed by atoms with Crippen molar-refractivity contribution in [3.8, 4) is 18.1 Å². The van der Waals surface area contributed by atoms with Gasteiger partial charge >= 0.3 is 17.3 Å². The van der Waals surface area contributed by atoms with Crippen LogP contribution in [0.25, 0.3) is 0 Å². The van der Waals surface area contributed by atoms with Crippen LogP contribution in [0.1, 0.15) is 89.2 Å². The summed E-state index contributed by atoms with van der Waals surface area (Å²) in [7, 11) is 4.59. The first-order valence-electron chi connectivity index (χ1n) is 17.1. The fraction of sp³-hybridized carbons (Fsp3) is 0.595. The standard InChI is InChI=1S/C19H26O4S.C18H26NO3.NO3/c1-5-14-21-24(20)23-18-9-7-6-8-17(18)22-16-12-10-15(11-13-16)19(2,3)4;1-19(2)14-8-9-15(19)11-16(10-14)22-18(21)17(12-20)13-6-4-3-5-7-13;2-1(3)4/h1,10-13,17-18H,6-9,14H2,2-4H3;3-7,14-17,20H,8-12H2,1-2H3;/q;+1;-1/t;14-,15+,16?,17?;. The summed E-state index contributed by atoms with van der Waals surface area (Å²) in [5.41, 5.74) is 2.19. The maximum Gasteiger partial charge on any atom is 0.316 e. The van der Waals surface area contributed by atoms with Gasteiger partial charge < -0.3 is 34.4 Å². The van der Waals surface area contributed by atoms with E-state index in [1.807, 2.05) is 42.5 Å². The molecule has 1 N–H and O–H groups in total. The number of aliphatic hydroxyl groups excluding tert-OH is 1. The molecule has 0 spiro atoms. The summed E-state index contributed by atoms with van der Waals surface area (Å²) in [6.07, 6.45) is 12.9. The topological polar surface area (TPSA) is 157 Å². The number of benzene rings is 2. The average Bonchev–Trinajstić information content (AvgIpc) is 3.19. The molecule has 0 aromatic heterocycles. The molecular formula is C37H52N2O10S. The number of esters is 1. The van der Waals surface area contributed by atoms with Gasteiger partial charge in [-0.1, -0.05) is 75.6 Å². The van der Waals surface area contributed by atoms with Gasteiger partial charge in [0.1, 0.15) is 36.6 Å². The van der Waals surface area contributed by atoms with Crippen LogP contribution in [0.4, 0.5) is 0 Å². The number of quaternary nitrogens is 1. The summed E-state index contributed by atoms with van der Waals surface area (Å²) in [5, 5.41) is 24.3. The van der Waals surface area contributed by atoms with Crippen molar-refractivity contribution < 1.29 is 41.5 Å². The van der Waals surface area contributed by atoms with E-state index in [0.29, 0.717) is 12.1 Å². The number of piperidine rings is 1. The Kier molecular flexibility index (Phi) is 15.7. The minimum atomic E-state index is -1.83. The van der Waals surface area contributed by atoms with Gasteiger partial charge in [0.2, 0.25) is 0 Å². The molecule has 5 rings (SSSR count). The molecule has 1 saturated carbocycles. The van der Waals surface area contributed by atoms with Gasteiger partial charge in [-0.05, 0) is 47.9 Å². The van der Waals surface area contributed by atoms with Gasteiger partial charge in [-0.15, -0.1) is 6.42 Å². The first kappa shape index (κ1) is 40.9. The van der Waals surface area contributed by atoms with Crippen LogP contribution in [-0.2, 0) is 34.7 Å². The predicted molar refractivity (Wildman–Crippen MR) is 190 cm³/mol. The second kappa shape index (κ2) is 19.2. The number of nitrogens with zero attached hydrogens (tertiary/aromatic N) is 2. The molecule has 2 aromatic rings. The van der Waals surface area contributed by atoms with E-state index in [1.54, 1.807) is 0 Å². The molecule has 7 atom stereocenters. The lowest BCUT2D eigenvalue weighted by Crippen LogP contribution is -2.56. The minimum Gasteiger partial charge on any atom is -0.488 e. The second-order valence-electron chi connectivity index (χ2n) is 14.4. The molecule has 1 aliphatic carbocycles. The van der Waals surface area contributed by atoms with E-state index in [1.165, 1.54) is 18.4 Å². The van der Waals surface area contributed by atoms with Gasteiger partial charge in [0.25, 0.3) is 0 Å². The van der Waals surface area contributed by atoms with Crippen molar-refractivity contribution in [3.63, 3.8) is 0 Å².